The van der Waals surface area contributed by atoms with Gasteiger partial charge in [-0.05, 0) is 90.8 Å². The van der Waals surface area contributed by atoms with Gasteiger partial charge in [0.15, 0.2) is 0 Å². The summed E-state index contributed by atoms with van der Waals surface area (Å²) in [6.07, 6.45) is 13.2. The molecular formula is C29H31N. The van der Waals surface area contributed by atoms with Crippen molar-refractivity contribution in [3.8, 4) is 0 Å². The zero-order valence-corrected chi connectivity index (χ0v) is 18.7. The van der Waals surface area contributed by atoms with E-state index in [4.69, 9.17) is 5.41 Å². The van der Waals surface area contributed by atoms with Gasteiger partial charge < -0.3 is 5.41 Å². The molecule has 30 heavy (non-hydrogen) atoms. The predicted octanol–water partition coefficient (Wildman–Crippen LogP) is 7.82. The normalized spacial score (nSPS) is 15.6. The highest BCUT2D eigenvalue weighted by atomic mass is 14.4. The van der Waals surface area contributed by atoms with Crippen molar-refractivity contribution >= 4 is 17.4 Å². The van der Waals surface area contributed by atoms with E-state index in [9.17, 15) is 0 Å². The monoisotopic (exact) mass is 393 g/mol. The van der Waals surface area contributed by atoms with E-state index in [2.05, 4.69) is 82.3 Å². The van der Waals surface area contributed by atoms with Gasteiger partial charge in [0.1, 0.15) is 0 Å². The molecule has 0 atom stereocenters. The zero-order valence-electron chi connectivity index (χ0n) is 18.7. The molecule has 0 bridgehead atoms. The maximum atomic E-state index is 8.40. The molecule has 0 spiro atoms. The average Bonchev–Trinajstić information content (AvgIpc) is 3.45. The second-order valence-electron chi connectivity index (χ2n) is 7.88. The summed E-state index contributed by atoms with van der Waals surface area (Å²) in [6.45, 7) is 10.6. The Kier molecular flexibility index (Phi) is 6.84. The molecule has 1 heteroatoms. The third-order valence-corrected chi connectivity index (χ3v) is 5.49. The van der Waals surface area contributed by atoms with Crippen molar-refractivity contribution in [1.29, 1.82) is 5.41 Å². The van der Waals surface area contributed by atoms with E-state index in [0.717, 1.165) is 17.6 Å². The van der Waals surface area contributed by atoms with E-state index in [1.165, 1.54) is 39.0 Å². The second kappa shape index (κ2) is 9.54. The van der Waals surface area contributed by atoms with Crippen molar-refractivity contribution in [3.05, 3.63) is 117 Å². The minimum atomic E-state index is 0.512. The van der Waals surface area contributed by atoms with Crippen LogP contribution in [0.15, 0.2) is 89.6 Å². The Labute approximate surface area is 181 Å². The number of hydrogen-bond acceptors (Lipinski definition) is 1. The first-order valence-electron chi connectivity index (χ1n) is 10.6. The van der Waals surface area contributed by atoms with Gasteiger partial charge in [0.05, 0.1) is 5.71 Å². The van der Waals surface area contributed by atoms with Gasteiger partial charge in [-0.3, -0.25) is 0 Å². The van der Waals surface area contributed by atoms with E-state index >= 15 is 0 Å². The Morgan fingerprint density at radius 2 is 1.77 bits per heavy atom. The van der Waals surface area contributed by atoms with Gasteiger partial charge in [-0.2, -0.15) is 0 Å². The number of nitrogens with one attached hydrogen (secondary N) is 1. The summed E-state index contributed by atoms with van der Waals surface area (Å²) < 4.78 is 0. The van der Waals surface area contributed by atoms with Crippen LogP contribution in [0.3, 0.4) is 0 Å². The summed E-state index contributed by atoms with van der Waals surface area (Å²) in [5.41, 5.74) is 11.8. The molecule has 0 radical (unpaired) electrons. The molecule has 2 aromatic rings. The van der Waals surface area contributed by atoms with Gasteiger partial charge in [-0.1, -0.05) is 79.3 Å². The summed E-state index contributed by atoms with van der Waals surface area (Å²) in [4.78, 5) is 0. The maximum absolute atomic E-state index is 8.40. The van der Waals surface area contributed by atoms with Gasteiger partial charge in [-0.25, -0.2) is 0 Å². The van der Waals surface area contributed by atoms with E-state index in [1.54, 1.807) is 0 Å². The fraction of sp³-hybridized carbons (Fsp3) is 0.207. The predicted molar refractivity (Wildman–Crippen MR) is 132 cm³/mol. The molecule has 2 aromatic carbocycles. The van der Waals surface area contributed by atoms with Crippen molar-refractivity contribution in [2.75, 3.05) is 0 Å². The highest BCUT2D eigenvalue weighted by Crippen LogP contribution is 2.50. The van der Waals surface area contributed by atoms with Gasteiger partial charge >= 0.3 is 0 Å². The van der Waals surface area contributed by atoms with Crippen molar-refractivity contribution in [3.63, 3.8) is 0 Å². The molecule has 0 amide bonds. The highest BCUT2D eigenvalue weighted by Gasteiger charge is 2.31. The maximum Gasteiger partial charge on any atom is 0.0542 e. The van der Waals surface area contributed by atoms with E-state index < -0.39 is 0 Å². The molecule has 0 unspecified atom stereocenters. The summed E-state index contributed by atoms with van der Waals surface area (Å²) in [5.74, 6) is 0. The molecule has 152 valence electrons. The van der Waals surface area contributed by atoms with E-state index in [1.807, 2.05) is 31.2 Å². The van der Waals surface area contributed by atoms with Gasteiger partial charge in [0.2, 0.25) is 0 Å². The summed E-state index contributed by atoms with van der Waals surface area (Å²) in [6, 6.07) is 15.2. The third-order valence-electron chi connectivity index (χ3n) is 5.49. The van der Waals surface area contributed by atoms with Crippen molar-refractivity contribution in [1.82, 2.24) is 0 Å². The van der Waals surface area contributed by atoms with Crippen LogP contribution in [-0.2, 0) is 6.42 Å². The lowest BCUT2D eigenvalue weighted by Gasteiger charge is -2.03. The van der Waals surface area contributed by atoms with Crippen LogP contribution in [0.4, 0.5) is 0 Å². The van der Waals surface area contributed by atoms with E-state index in [-0.39, 0.29) is 0 Å². The van der Waals surface area contributed by atoms with Gasteiger partial charge in [0.25, 0.3) is 0 Å². The molecule has 1 N–H and O–H groups in total. The Bertz CT molecular complexity index is 1100. The molecule has 0 aliphatic heterocycles. The fourth-order valence-corrected chi connectivity index (χ4v) is 3.75. The third kappa shape index (κ3) is 5.04. The smallest absolute Gasteiger partial charge is 0.0542 e. The van der Waals surface area contributed by atoms with Crippen LogP contribution in [0, 0.1) is 19.3 Å². The largest absolute Gasteiger partial charge is 0.301 e. The molecule has 3 rings (SSSR count). The minimum Gasteiger partial charge on any atom is -0.301 e. The lowest BCUT2D eigenvalue weighted by Crippen LogP contribution is -1.89. The number of hydrogen-bond donors (Lipinski definition) is 1. The Morgan fingerprint density at radius 1 is 1.03 bits per heavy atom. The van der Waals surface area contributed by atoms with Crippen LogP contribution in [0.1, 0.15) is 48.6 Å². The topological polar surface area (TPSA) is 23.9 Å². The van der Waals surface area contributed by atoms with Crippen LogP contribution >= 0.6 is 0 Å². The average molecular weight is 394 g/mol. The first kappa shape index (κ1) is 21.5. The van der Waals surface area contributed by atoms with Crippen molar-refractivity contribution in [2.24, 2.45) is 0 Å². The molecular weight excluding hydrogens is 362 g/mol. The quantitative estimate of drug-likeness (QED) is 0.464. The van der Waals surface area contributed by atoms with Crippen LogP contribution in [-0.4, -0.2) is 5.71 Å². The standard InChI is InChI=1S/C29H31N/c1-6-8-9-27-28(29(27)25-14-10-20(3)11-15-25)22(5)19-26(30)17-13-23-12-16-24(7-2)21(4)18-23/h6,8-19,30H,7H2,1-5H3/b8-6-,17-13+,22-19-,27-9+,30-26?. The van der Waals surface area contributed by atoms with Crippen molar-refractivity contribution < 1.29 is 0 Å². The lowest BCUT2D eigenvalue weighted by molar-refractivity contribution is 1.11. The summed E-state index contributed by atoms with van der Waals surface area (Å²) >= 11 is 0. The number of allylic oxidation sites excluding steroid dienone is 9. The molecule has 0 fully saturated rings. The summed E-state index contributed by atoms with van der Waals surface area (Å²) in [5, 5.41) is 8.40. The molecule has 0 aromatic heterocycles. The molecule has 1 nitrogen and oxygen atoms in total. The SMILES string of the molecule is C/C=C\C=C1C(/C(C)=C\C(=N)/C=C/c2ccc(CC)c(C)c2)=C/1c1ccc(C)cc1. The molecule has 0 heterocycles. The van der Waals surface area contributed by atoms with Gasteiger partial charge in [0, 0.05) is 0 Å². The number of rotatable bonds is 7. The highest BCUT2D eigenvalue weighted by molar-refractivity contribution is 6.10. The lowest BCUT2D eigenvalue weighted by atomic mass is 10.0. The Balaban J connectivity index is 1.82. The Morgan fingerprint density at radius 3 is 2.40 bits per heavy atom. The van der Waals surface area contributed by atoms with E-state index in [0.29, 0.717) is 5.71 Å². The molecule has 1 aliphatic carbocycles. The van der Waals surface area contributed by atoms with Crippen LogP contribution in [0.2, 0.25) is 0 Å². The summed E-state index contributed by atoms with van der Waals surface area (Å²) in [7, 11) is 0. The first-order chi connectivity index (χ1) is 14.4. The number of benzene rings is 2. The number of aryl methyl sites for hydroxylation is 3. The van der Waals surface area contributed by atoms with Crippen LogP contribution in [0.5, 0.6) is 0 Å². The molecule has 0 saturated carbocycles. The minimum absolute atomic E-state index is 0.512. The first-order valence-corrected chi connectivity index (χ1v) is 10.6. The Hall–Kier alpha value is -3.19. The van der Waals surface area contributed by atoms with Crippen LogP contribution in [0.25, 0.3) is 11.6 Å². The molecule has 1 aliphatic rings. The fourth-order valence-electron chi connectivity index (χ4n) is 3.75. The van der Waals surface area contributed by atoms with Crippen molar-refractivity contribution in [2.45, 2.75) is 41.0 Å². The van der Waals surface area contributed by atoms with Gasteiger partial charge in [-0.15, -0.1) is 0 Å². The van der Waals surface area contributed by atoms with Crippen LogP contribution < -0.4 is 0 Å². The molecule has 0 saturated heterocycles. The zero-order chi connectivity index (χ0) is 21.7. The second-order valence-corrected chi connectivity index (χ2v) is 7.88.